The molecular weight excluding hydrogens is 222 g/mol. The van der Waals surface area contributed by atoms with E-state index in [9.17, 15) is 0 Å². The van der Waals surface area contributed by atoms with E-state index in [2.05, 4.69) is 12.2 Å². The smallest absolute Gasteiger partial charge is 0.125 e. The first-order chi connectivity index (χ1) is 7.81. The van der Waals surface area contributed by atoms with E-state index in [1.165, 1.54) is 0 Å². The molecule has 0 radical (unpaired) electrons. The zero-order valence-electron chi connectivity index (χ0n) is 9.11. The molecule has 2 nitrogen and oxygen atoms in total. The summed E-state index contributed by atoms with van der Waals surface area (Å²) in [6.45, 7) is 2.96. The molecule has 1 atom stereocenters. The maximum atomic E-state index is 5.87. The molecule has 0 fully saturated rings. The Morgan fingerprint density at radius 2 is 2.00 bits per heavy atom. The van der Waals surface area contributed by atoms with Crippen LogP contribution in [0.1, 0.15) is 24.3 Å². The van der Waals surface area contributed by atoms with Crippen LogP contribution in [0.25, 0.3) is 0 Å². The highest BCUT2D eigenvalue weighted by molar-refractivity contribution is 6.30. The molecule has 1 unspecified atom stereocenters. The quantitative estimate of drug-likeness (QED) is 0.876. The third kappa shape index (κ3) is 2.46. The molecule has 0 spiro atoms. The molecule has 0 saturated heterocycles. The van der Waals surface area contributed by atoms with Crippen molar-refractivity contribution in [2.75, 3.05) is 6.54 Å². The molecule has 16 heavy (non-hydrogen) atoms. The van der Waals surface area contributed by atoms with Gasteiger partial charge in [0, 0.05) is 5.02 Å². The highest BCUT2D eigenvalue weighted by Crippen LogP contribution is 2.23. The van der Waals surface area contributed by atoms with Crippen LogP contribution in [0.5, 0.6) is 0 Å². The number of hydrogen-bond acceptors (Lipinski definition) is 2. The largest absolute Gasteiger partial charge is 0.467 e. The van der Waals surface area contributed by atoms with Crippen LogP contribution in [0.4, 0.5) is 0 Å². The fraction of sp³-hybridized carbons (Fsp3) is 0.231. The molecule has 1 aromatic heterocycles. The van der Waals surface area contributed by atoms with Gasteiger partial charge in [-0.15, -0.1) is 0 Å². The number of rotatable bonds is 4. The molecular formula is C13H14ClNO. The van der Waals surface area contributed by atoms with Gasteiger partial charge < -0.3 is 9.73 Å². The maximum Gasteiger partial charge on any atom is 0.125 e. The summed E-state index contributed by atoms with van der Waals surface area (Å²) in [6, 6.07) is 11.8. The molecule has 2 rings (SSSR count). The van der Waals surface area contributed by atoms with Crippen molar-refractivity contribution >= 4 is 11.6 Å². The zero-order chi connectivity index (χ0) is 11.4. The van der Waals surface area contributed by atoms with Crippen molar-refractivity contribution in [2.45, 2.75) is 13.0 Å². The molecule has 1 heterocycles. The van der Waals surface area contributed by atoms with Gasteiger partial charge in [0.2, 0.25) is 0 Å². The van der Waals surface area contributed by atoms with Crippen LogP contribution in [0, 0.1) is 0 Å². The van der Waals surface area contributed by atoms with Crippen LogP contribution in [-0.4, -0.2) is 6.54 Å². The lowest BCUT2D eigenvalue weighted by Gasteiger charge is -2.15. The predicted molar refractivity (Wildman–Crippen MR) is 65.7 cm³/mol. The fourth-order valence-corrected chi connectivity index (χ4v) is 1.82. The average Bonchev–Trinajstić information content (AvgIpc) is 2.81. The van der Waals surface area contributed by atoms with Crippen molar-refractivity contribution in [3.63, 3.8) is 0 Å². The monoisotopic (exact) mass is 235 g/mol. The van der Waals surface area contributed by atoms with Crippen LogP contribution in [0.3, 0.4) is 0 Å². The Morgan fingerprint density at radius 1 is 1.25 bits per heavy atom. The summed E-state index contributed by atoms with van der Waals surface area (Å²) < 4.78 is 5.44. The lowest BCUT2D eigenvalue weighted by atomic mass is 10.0. The van der Waals surface area contributed by atoms with Gasteiger partial charge in [0.25, 0.3) is 0 Å². The second-order valence-corrected chi connectivity index (χ2v) is 3.99. The predicted octanol–water partition coefficient (Wildman–Crippen LogP) is 3.63. The van der Waals surface area contributed by atoms with E-state index in [-0.39, 0.29) is 6.04 Å². The SMILES string of the molecule is CCNC(c1ccc(Cl)cc1)c1ccco1. The van der Waals surface area contributed by atoms with E-state index in [1.54, 1.807) is 6.26 Å². The van der Waals surface area contributed by atoms with Gasteiger partial charge in [-0.1, -0.05) is 30.7 Å². The first-order valence-electron chi connectivity index (χ1n) is 5.33. The lowest BCUT2D eigenvalue weighted by Crippen LogP contribution is -2.21. The van der Waals surface area contributed by atoms with Crippen molar-refractivity contribution in [1.29, 1.82) is 0 Å². The molecule has 0 aliphatic heterocycles. The standard InChI is InChI=1S/C13H14ClNO/c1-2-15-13(12-4-3-9-16-12)10-5-7-11(14)8-6-10/h3-9,13,15H,2H2,1H3. The van der Waals surface area contributed by atoms with Crippen LogP contribution < -0.4 is 5.32 Å². The van der Waals surface area contributed by atoms with Crippen molar-refractivity contribution in [3.05, 3.63) is 59.0 Å². The van der Waals surface area contributed by atoms with Gasteiger partial charge in [-0.3, -0.25) is 0 Å². The normalized spacial score (nSPS) is 12.6. The first-order valence-corrected chi connectivity index (χ1v) is 5.71. The molecule has 0 aliphatic carbocycles. The van der Waals surface area contributed by atoms with E-state index in [0.717, 1.165) is 22.9 Å². The van der Waals surface area contributed by atoms with Gasteiger partial charge >= 0.3 is 0 Å². The highest BCUT2D eigenvalue weighted by Gasteiger charge is 2.14. The molecule has 3 heteroatoms. The molecule has 2 aromatic rings. The van der Waals surface area contributed by atoms with Crippen LogP contribution in [0.15, 0.2) is 47.1 Å². The average molecular weight is 236 g/mol. The van der Waals surface area contributed by atoms with Gasteiger partial charge in [-0.2, -0.15) is 0 Å². The van der Waals surface area contributed by atoms with Crippen LogP contribution in [0.2, 0.25) is 5.02 Å². The summed E-state index contributed by atoms with van der Waals surface area (Å²) in [6.07, 6.45) is 1.69. The Hall–Kier alpha value is -1.25. The number of hydrogen-bond donors (Lipinski definition) is 1. The second-order valence-electron chi connectivity index (χ2n) is 3.56. The highest BCUT2D eigenvalue weighted by atomic mass is 35.5. The molecule has 84 valence electrons. The summed E-state index contributed by atoms with van der Waals surface area (Å²) in [4.78, 5) is 0. The Labute approximate surface area is 100 Å². The van der Waals surface area contributed by atoms with Crippen molar-refractivity contribution in [3.8, 4) is 0 Å². The maximum absolute atomic E-state index is 5.87. The summed E-state index contributed by atoms with van der Waals surface area (Å²) >= 11 is 5.87. The van der Waals surface area contributed by atoms with E-state index in [4.69, 9.17) is 16.0 Å². The topological polar surface area (TPSA) is 25.2 Å². The number of nitrogens with one attached hydrogen (secondary N) is 1. The molecule has 0 saturated carbocycles. The fourth-order valence-electron chi connectivity index (χ4n) is 1.70. The molecule has 0 bridgehead atoms. The zero-order valence-corrected chi connectivity index (χ0v) is 9.87. The Kier molecular flexibility index (Phi) is 3.65. The van der Waals surface area contributed by atoms with Gasteiger partial charge in [-0.25, -0.2) is 0 Å². The van der Waals surface area contributed by atoms with Gasteiger partial charge in [-0.05, 0) is 36.4 Å². The summed E-state index contributed by atoms with van der Waals surface area (Å²) in [5.74, 6) is 0.921. The Morgan fingerprint density at radius 3 is 2.56 bits per heavy atom. The molecule has 0 amide bonds. The summed E-state index contributed by atoms with van der Waals surface area (Å²) in [5.41, 5.74) is 1.15. The minimum Gasteiger partial charge on any atom is -0.467 e. The van der Waals surface area contributed by atoms with Crippen LogP contribution >= 0.6 is 11.6 Å². The van der Waals surface area contributed by atoms with E-state index < -0.39 is 0 Å². The number of benzene rings is 1. The second kappa shape index (κ2) is 5.19. The van der Waals surface area contributed by atoms with Gasteiger partial charge in [0.15, 0.2) is 0 Å². The third-order valence-electron chi connectivity index (χ3n) is 2.44. The van der Waals surface area contributed by atoms with Crippen molar-refractivity contribution < 1.29 is 4.42 Å². The molecule has 0 aliphatic rings. The van der Waals surface area contributed by atoms with Crippen molar-refractivity contribution in [1.82, 2.24) is 5.32 Å². The summed E-state index contributed by atoms with van der Waals surface area (Å²) in [5, 5.41) is 4.13. The van der Waals surface area contributed by atoms with Gasteiger partial charge in [0.1, 0.15) is 5.76 Å². The third-order valence-corrected chi connectivity index (χ3v) is 2.69. The summed E-state index contributed by atoms with van der Waals surface area (Å²) in [7, 11) is 0. The van der Waals surface area contributed by atoms with Gasteiger partial charge in [0.05, 0.1) is 12.3 Å². The minimum atomic E-state index is 0.0947. The van der Waals surface area contributed by atoms with E-state index in [1.807, 2.05) is 36.4 Å². The lowest BCUT2D eigenvalue weighted by molar-refractivity contribution is 0.452. The van der Waals surface area contributed by atoms with E-state index in [0.29, 0.717) is 0 Å². The van der Waals surface area contributed by atoms with E-state index >= 15 is 0 Å². The molecule has 1 N–H and O–H groups in total. The minimum absolute atomic E-state index is 0.0947. The molecule has 1 aromatic carbocycles. The van der Waals surface area contributed by atoms with Crippen LogP contribution in [-0.2, 0) is 0 Å². The number of halogens is 1. The Balaban J connectivity index is 2.29. The first kappa shape index (κ1) is 11.2. The number of furan rings is 1. The Bertz CT molecular complexity index is 422. The van der Waals surface area contributed by atoms with Crippen molar-refractivity contribution in [2.24, 2.45) is 0 Å².